The van der Waals surface area contributed by atoms with E-state index in [2.05, 4.69) is 25.7 Å². The van der Waals surface area contributed by atoms with Gasteiger partial charge < -0.3 is 4.74 Å². The summed E-state index contributed by atoms with van der Waals surface area (Å²) in [5.41, 5.74) is 4.10. The van der Waals surface area contributed by atoms with Crippen molar-refractivity contribution in [3.05, 3.63) is 81.2 Å². The van der Waals surface area contributed by atoms with Crippen LogP contribution in [0.1, 0.15) is 11.1 Å². The number of halogens is 1. The maximum absolute atomic E-state index is 11.1. The van der Waals surface area contributed by atoms with Crippen LogP contribution in [-0.2, 0) is 6.61 Å². The van der Waals surface area contributed by atoms with Crippen LogP contribution in [0.3, 0.4) is 0 Å². The summed E-state index contributed by atoms with van der Waals surface area (Å²) in [5.74, 6) is 0.880. The van der Waals surface area contributed by atoms with E-state index in [1.807, 2.05) is 48.5 Å². The molecule has 0 unspecified atom stereocenters. The lowest BCUT2D eigenvalue weighted by atomic mass is 10.2. The standard InChI is InChI=1S/C17H14ClN5O2/c18-14-6-4-12(5-7-14)11-25-15-3-1-2-13(8-15)9-19-22-17-21-16(24)10-20-23-17/h1-10H,11H2,(H2,21,22,23,24)/b19-9+. The molecular weight excluding hydrogens is 342 g/mol. The van der Waals surface area contributed by atoms with Gasteiger partial charge in [-0.3, -0.25) is 9.78 Å². The predicted molar refractivity (Wildman–Crippen MR) is 96.1 cm³/mol. The van der Waals surface area contributed by atoms with Crippen LogP contribution in [0.2, 0.25) is 5.02 Å². The van der Waals surface area contributed by atoms with Crippen LogP contribution in [-0.4, -0.2) is 21.4 Å². The largest absolute Gasteiger partial charge is 0.489 e. The fourth-order valence-corrected chi connectivity index (χ4v) is 2.09. The van der Waals surface area contributed by atoms with Crippen LogP contribution >= 0.6 is 11.6 Å². The molecule has 0 amide bonds. The number of aromatic amines is 1. The van der Waals surface area contributed by atoms with Crippen molar-refractivity contribution in [1.82, 2.24) is 15.2 Å². The monoisotopic (exact) mass is 355 g/mol. The quantitative estimate of drug-likeness (QED) is 0.524. The molecule has 25 heavy (non-hydrogen) atoms. The summed E-state index contributed by atoms with van der Waals surface area (Å²) in [6.45, 7) is 0.441. The Bertz CT molecular complexity index is 925. The van der Waals surface area contributed by atoms with Crippen molar-refractivity contribution in [1.29, 1.82) is 0 Å². The number of hydrogen-bond acceptors (Lipinski definition) is 6. The lowest BCUT2D eigenvalue weighted by Crippen LogP contribution is -2.10. The molecule has 2 aromatic carbocycles. The second kappa shape index (κ2) is 8.07. The molecule has 2 N–H and O–H groups in total. The molecule has 0 radical (unpaired) electrons. The van der Waals surface area contributed by atoms with Gasteiger partial charge in [0, 0.05) is 5.02 Å². The zero-order chi connectivity index (χ0) is 17.5. The number of ether oxygens (including phenoxy) is 1. The van der Waals surface area contributed by atoms with Crippen molar-refractivity contribution >= 4 is 23.8 Å². The number of benzene rings is 2. The molecule has 0 spiro atoms. The minimum Gasteiger partial charge on any atom is -0.489 e. The van der Waals surface area contributed by atoms with Gasteiger partial charge in [-0.15, -0.1) is 10.2 Å². The third-order valence-electron chi connectivity index (χ3n) is 3.14. The van der Waals surface area contributed by atoms with Gasteiger partial charge in [0.05, 0.1) is 6.21 Å². The fraction of sp³-hybridized carbons (Fsp3) is 0.0588. The Morgan fingerprint density at radius 1 is 1.24 bits per heavy atom. The smallest absolute Gasteiger partial charge is 0.271 e. The molecule has 0 fully saturated rings. The Morgan fingerprint density at radius 3 is 2.88 bits per heavy atom. The minimum absolute atomic E-state index is 0.166. The van der Waals surface area contributed by atoms with E-state index in [4.69, 9.17) is 16.3 Å². The second-order valence-electron chi connectivity index (χ2n) is 5.04. The Morgan fingerprint density at radius 2 is 2.08 bits per heavy atom. The van der Waals surface area contributed by atoms with Crippen LogP contribution < -0.4 is 15.7 Å². The van der Waals surface area contributed by atoms with Gasteiger partial charge in [0.1, 0.15) is 18.6 Å². The highest BCUT2D eigenvalue weighted by molar-refractivity contribution is 6.30. The molecule has 1 aromatic heterocycles. The Labute approximate surface area is 148 Å². The highest BCUT2D eigenvalue weighted by Gasteiger charge is 1.98. The van der Waals surface area contributed by atoms with E-state index in [-0.39, 0.29) is 11.5 Å². The van der Waals surface area contributed by atoms with Crippen molar-refractivity contribution in [2.24, 2.45) is 5.10 Å². The fourth-order valence-electron chi connectivity index (χ4n) is 1.96. The summed E-state index contributed by atoms with van der Waals surface area (Å²) in [6, 6.07) is 14.9. The first-order valence-electron chi connectivity index (χ1n) is 7.37. The van der Waals surface area contributed by atoms with E-state index in [0.717, 1.165) is 17.3 Å². The molecule has 0 aliphatic carbocycles. The van der Waals surface area contributed by atoms with Gasteiger partial charge in [-0.05, 0) is 35.4 Å². The van der Waals surface area contributed by atoms with Crippen molar-refractivity contribution in [3.8, 4) is 5.75 Å². The minimum atomic E-state index is -0.356. The third kappa shape index (κ3) is 5.15. The number of nitrogens with one attached hydrogen (secondary N) is 2. The van der Waals surface area contributed by atoms with Gasteiger partial charge in [-0.2, -0.15) is 5.10 Å². The molecule has 126 valence electrons. The first-order chi connectivity index (χ1) is 12.2. The number of nitrogens with zero attached hydrogens (tertiary/aromatic N) is 3. The van der Waals surface area contributed by atoms with Crippen LogP contribution in [0.15, 0.2) is 64.6 Å². The molecule has 1 heterocycles. The van der Waals surface area contributed by atoms with E-state index < -0.39 is 0 Å². The number of aromatic nitrogens is 3. The summed E-state index contributed by atoms with van der Waals surface area (Å²) in [6.07, 6.45) is 2.67. The summed E-state index contributed by atoms with van der Waals surface area (Å²) >= 11 is 5.86. The van der Waals surface area contributed by atoms with E-state index in [1.54, 1.807) is 6.21 Å². The molecule has 3 rings (SSSR count). The van der Waals surface area contributed by atoms with Crippen LogP contribution in [0.5, 0.6) is 5.75 Å². The molecule has 0 aliphatic rings. The first-order valence-corrected chi connectivity index (χ1v) is 7.75. The lowest BCUT2D eigenvalue weighted by molar-refractivity contribution is 0.306. The second-order valence-corrected chi connectivity index (χ2v) is 5.48. The highest BCUT2D eigenvalue weighted by Crippen LogP contribution is 2.15. The summed E-state index contributed by atoms with van der Waals surface area (Å²) in [5, 5.41) is 11.9. The summed E-state index contributed by atoms with van der Waals surface area (Å²) < 4.78 is 5.76. The molecule has 0 aliphatic heterocycles. The predicted octanol–water partition coefficient (Wildman–Crippen LogP) is 2.84. The maximum Gasteiger partial charge on any atom is 0.271 e. The van der Waals surface area contributed by atoms with Crippen LogP contribution in [0.4, 0.5) is 5.95 Å². The number of hydrazone groups is 1. The van der Waals surface area contributed by atoms with Gasteiger partial charge in [-0.25, -0.2) is 5.43 Å². The normalized spacial score (nSPS) is 10.8. The van der Waals surface area contributed by atoms with Crippen molar-refractivity contribution in [2.45, 2.75) is 6.61 Å². The van der Waals surface area contributed by atoms with Crippen molar-refractivity contribution < 1.29 is 4.74 Å². The molecule has 0 bridgehead atoms. The molecule has 7 nitrogen and oxygen atoms in total. The highest BCUT2D eigenvalue weighted by atomic mass is 35.5. The van der Waals surface area contributed by atoms with E-state index in [1.165, 1.54) is 0 Å². The molecular formula is C17H14ClN5O2. The number of rotatable bonds is 6. The maximum atomic E-state index is 11.1. The summed E-state index contributed by atoms with van der Waals surface area (Å²) in [7, 11) is 0. The molecule has 8 heteroatoms. The van der Waals surface area contributed by atoms with E-state index >= 15 is 0 Å². The van der Waals surface area contributed by atoms with Gasteiger partial charge >= 0.3 is 0 Å². The number of hydrogen-bond donors (Lipinski definition) is 2. The number of H-pyrrole nitrogens is 1. The van der Waals surface area contributed by atoms with Gasteiger partial charge in [-0.1, -0.05) is 35.9 Å². The zero-order valence-electron chi connectivity index (χ0n) is 13.0. The molecule has 3 aromatic rings. The van der Waals surface area contributed by atoms with Gasteiger partial charge in [0.2, 0.25) is 5.95 Å². The van der Waals surface area contributed by atoms with Crippen molar-refractivity contribution in [2.75, 3.05) is 5.43 Å². The molecule has 0 atom stereocenters. The number of anilines is 1. The average molecular weight is 356 g/mol. The first kappa shape index (κ1) is 16.7. The summed E-state index contributed by atoms with van der Waals surface area (Å²) in [4.78, 5) is 13.6. The zero-order valence-corrected chi connectivity index (χ0v) is 13.8. The topological polar surface area (TPSA) is 92.3 Å². The van der Waals surface area contributed by atoms with Crippen LogP contribution in [0.25, 0.3) is 0 Å². The van der Waals surface area contributed by atoms with Gasteiger partial charge in [0.25, 0.3) is 5.56 Å². The van der Waals surface area contributed by atoms with E-state index in [9.17, 15) is 4.79 Å². The van der Waals surface area contributed by atoms with E-state index in [0.29, 0.717) is 17.4 Å². The Kier molecular flexibility index (Phi) is 5.38. The molecule has 0 saturated carbocycles. The van der Waals surface area contributed by atoms with Crippen molar-refractivity contribution in [3.63, 3.8) is 0 Å². The van der Waals surface area contributed by atoms with Gasteiger partial charge in [0.15, 0.2) is 0 Å². The average Bonchev–Trinajstić information content (AvgIpc) is 2.62. The SMILES string of the molecule is O=c1cnnc(N/N=C/c2cccc(OCc3ccc(Cl)cc3)c2)[nH]1. The Balaban J connectivity index is 1.60. The van der Waals surface area contributed by atoms with Crippen LogP contribution in [0, 0.1) is 0 Å². The third-order valence-corrected chi connectivity index (χ3v) is 3.39. The lowest BCUT2D eigenvalue weighted by Gasteiger charge is -2.07. The molecule has 0 saturated heterocycles. The Hall–Kier alpha value is -3.19.